The Morgan fingerprint density at radius 2 is 2.00 bits per heavy atom. The number of aliphatic hydroxyl groups excluding tert-OH is 1. The highest BCUT2D eigenvalue weighted by Crippen LogP contribution is 2.09. The lowest BCUT2D eigenvalue weighted by Gasteiger charge is -2.08. The van der Waals surface area contributed by atoms with Crippen LogP contribution in [0.25, 0.3) is 0 Å². The molecule has 2 heteroatoms. The summed E-state index contributed by atoms with van der Waals surface area (Å²) in [5.74, 6) is 0. The van der Waals surface area contributed by atoms with Gasteiger partial charge >= 0.3 is 0 Å². The molecule has 2 nitrogen and oxygen atoms in total. The molecule has 14 heavy (non-hydrogen) atoms. The maximum absolute atomic E-state index is 9.07. The van der Waals surface area contributed by atoms with Crippen LogP contribution < -0.4 is 5.32 Å². The number of hydrogen-bond donors (Lipinski definition) is 2. The van der Waals surface area contributed by atoms with Gasteiger partial charge in [0.2, 0.25) is 0 Å². The molecule has 0 radical (unpaired) electrons. The first kappa shape index (κ1) is 11.2. The van der Waals surface area contributed by atoms with Crippen molar-refractivity contribution < 1.29 is 5.11 Å². The summed E-state index contributed by atoms with van der Waals surface area (Å²) in [5.41, 5.74) is 3.92. The predicted molar refractivity (Wildman–Crippen MR) is 59.3 cm³/mol. The molecule has 0 fully saturated rings. The van der Waals surface area contributed by atoms with E-state index in [1.54, 1.807) is 6.92 Å². The standard InChI is InChI=1S/C12H19NO/c1-9-4-5-12(6-10(9)2)8-13-7-11(3)14/h4-6,11,13-14H,7-8H2,1-3H3/t11-/m0/s1. The molecule has 0 unspecified atom stereocenters. The van der Waals surface area contributed by atoms with Gasteiger partial charge in [-0.2, -0.15) is 0 Å². The number of nitrogens with one attached hydrogen (secondary N) is 1. The highest BCUT2D eigenvalue weighted by molar-refractivity contribution is 5.29. The molecule has 0 bridgehead atoms. The van der Waals surface area contributed by atoms with Crippen molar-refractivity contribution in [1.29, 1.82) is 0 Å². The Morgan fingerprint density at radius 3 is 2.57 bits per heavy atom. The van der Waals surface area contributed by atoms with Crippen molar-refractivity contribution in [2.45, 2.75) is 33.4 Å². The average Bonchev–Trinajstić information content (AvgIpc) is 2.10. The van der Waals surface area contributed by atoms with Crippen molar-refractivity contribution in [3.63, 3.8) is 0 Å². The quantitative estimate of drug-likeness (QED) is 0.764. The van der Waals surface area contributed by atoms with Crippen LogP contribution >= 0.6 is 0 Å². The molecule has 0 heterocycles. The summed E-state index contributed by atoms with van der Waals surface area (Å²) in [6.45, 7) is 7.49. The van der Waals surface area contributed by atoms with Gasteiger partial charge in [0.05, 0.1) is 6.10 Å². The molecular weight excluding hydrogens is 174 g/mol. The van der Waals surface area contributed by atoms with E-state index in [4.69, 9.17) is 5.11 Å². The summed E-state index contributed by atoms with van der Waals surface area (Å²) in [4.78, 5) is 0. The van der Waals surface area contributed by atoms with Crippen LogP contribution in [0.3, 0.4) is 0 Å². The summed E-state index contributed by atoms with van der Waals surface area (Å²) < 4.78 is 0. The number of aliphatic hydroxyl groups is 1. The molecule has 0 spiro atoms. The average molecular weight is 193 g/mol. The minimum Gasteiger partial charge on any atom is -0.392 e. The van der Waals surface area contributed by atoms with Crippen molar-refractivity contribution in [3.05, 3.63) is 34.9 Å². The smallest absolute Gasteiger partial charge is 0.0636 e. The Hall–Kier alpha value is -0.860. The Morgan fingerprint density at radius 1 is 1.29 bits per heavy atom. The summed E-state index contributed by atoms with van der Waals surface area (Å²) in [5, 5.41) is 12.3. The van der Waals surface area contributed by atoms with Crippen LogP contribution in [0, 0.1) is 13.8 Å². The predicted octanol–water partition coefficient (Wildman–Crippen LogP) is 1.77. The molecule has 0 saturated heterocycles. The zero-order chi connectivity index (χ0) is 10.6. The third kappa shape index (κ3) is 3.48. The van der Waals surface area contributed by atoms with Crippen LogP contribution in [0.2, 0.25) is 0 Å². The second-order valence-corrected chi connectivity index (χ2v) is 3.90. The second-order valence-electron chi connectivity index (χ2n) is 3.90. The Kier molecular flexibility index (Phi) is 4.11. The van der Waals surface area contributed by atoms with Crippen molar-refractivity contribution in [1.82, 2.24) is 5.32 Å². The van der Waals surface area contributed by atoms with Crippen LogP contribution in [-0.4, -0.2) is 17.8 Å². The van der Waals surface area contributed by atoms with Gasteiger partial charge in [-0.15, -0.1) is 0 Å². The van der Waals surface area contributed by atoms with E-state index in [0.717, 1.165) is 6.54 Å². The fourth-order valence-corrected chi connectivity index (χ4v) is 1.34. The summed E-state index contributed by atoms with van der Waals surface area (Å²) >= 11 is 0. The lowest BCUT2D eigenvalue weighted by Crippen LogP contribution is -2.23. The van der Waals surface area contributed by atoms with Crippen molar-refractivity contribution in [2.75, 3.05) is 6.54 Å². The van der Waals surface area contributed by atoms with Gasteiger partial charge in [0, 0.05) is 13.1 Å². The SMILES string of the molecule is Cc1ccc(CNC[C@H](C)O)cc1C. The zero-order valence-electron chi connectivity index (χ0n) is 9.17. The fraction of sp³-hybridized carbons (Fsp3) is 0.500. The van der Waals surface area contributed by atoms with Gasteiger partial charge in [-0.3, -0.25) is 0 Å². The van der Waals surface area contributed by atoms with Crippen molar-refractivity contribution >= 4 is 0 Å². The minimum atomic E-state index is -0.276. The van der Waals surface area contributed by atoms with Crippen LogP contribution in [0.5, 0.6) is 0 Å². The van der Waals surface area contributed by atoms with E-state index in [-0.39, 0.29) is 6.10 Å². The van der Waals surface area contributed by atoms with E-state index >= 15 is 0 Å². The molecule has 0 aromatic heterocycles. The first-order valence-electron chi connectivity index (χ1n) is 5.04. The van der Waals surface area contributed by atoms with Gasteiger partial charge in [-0.05, 0) is 37.5 Å². The highest BCUT2D eigenvalue weighted by Gasteiger charge is 1.97. The van der Waals surface area contributed by atoms with Gasteiger partial charge in [0.15, 0.2) is 0 Å². The zero-order valence-corrected chi connectivity index (χ0v) is 9.17. The molecule has 78 valence electrons. The molecular formula is C12H19NO. The van der Waals surface area contributed by atoms with Crippen LogP contribution in [0.15, 0.2) is 18.2 Å². The molecule has 2 N–H and O–H groups in total. The minimum absolute atomic E-state index is 0.276. The second kappa shape index (κ2) is 5.13. The van der Waals surface area contributed by atoms with Crippen LogP contribution in [-0.2, 0) is 6.54 Å². The molecule has 0 aliphatic rings. The molecule has 0 amide bonds. The number of hydrogen-bond acceptors (Lipinski definition) is 2. The maximum atomic E-state index is 9.07. The van der Waals surface area contributed by atoms with E-state index in [0.29, 0.717) is 6.54 Å². The van der Waals surface area contributed by atoms with Gasteiger partial charge < -0.3 is 10.4 Å². The van der Waals surface area contributed by atoms with Crippen LogP contribution in [0.4, 0.5) is 0 Å². The fourth-order valence-electron chi connectivity index (χ4n) is 1.34. The lowest BCUT2D eigenvalue weighted by atomic mass is 10.1. The number of rotatable bonds is 4. The van der Waals surface area contributed by atoms with E-state index in [2.05, 4.69) is 37.4 Å². The molecule has 0 saturated carbocycles. The molecule has 1 aromatic carbocycles. The first-order valence-corrected chi connectivity index (χ1v) is 5.04. The Labute approximate surface area is 86.0 Å². The third-order valence-corrected chi connectivity index (χ3v) is 2.34. The first-order chi connectivity index (χ1) is 6.59. The summed E-state index contributed by atoms with van der Waals surface area (Å²) in [6, 6.07) is 6.44. The van der Waals surface area contributed by atoms with E-state index in [1.807, 2.05) is 0 Å². The van der Waals surface area contributed by atoms with Crippen LogP contribution in [0.1, 0.15) is 23.6 Å². The lowest BCUT2D eigenvalue weighted by molar-refractivity contribution is 0.191. The highest BCUT2D eigenvalue weighted by atomic mass is 16.3. The van der Waals surface area contributed by atoms with Gasteiger partial charge in [0.1, 0.15) is 0 Å². The van der Waals surface area contributed by atoms with E-state index in [1.165, 1.54) is 16.7 Å². The van der Waals surface area contributed by atoms with E-state index in [9.17, 15) is 0 Å². The third-order valence-electron chi connectivity index (χ3n) is 2.34. The number of aryl methyl sites for hydroxylation is 2. The normalized spacial score (nSPS) is 12.9. The van der Waals surface area contributed by atoms with Gasteiger partial charge in [-0.25, -0.2) is 0 Å². The van der Waals surface area contributed by atoms with Gasteiger partial charge in [-0.1, -0.05) is 18.2 Å². The van der Waals surface area contributed by atoms with Crippen molar-refractivity contribution in [2.24, 2.45) is 0 Å². The molecule has 0 aliphatic heterocycles. The maximum Gasteiger partial charge on any atom is 0.0636 e. The summed E-state index contributed by atoms with van der Waals surface area (Å²) in [7, 11) is 0. The topological polar surface area (TPSA) is 32.3 Å². The largest absolute Gasteiger partial charge is 0.392 e. The Balaban J connectivity index is 2.47. The number of benzene rings is 1. The molecule has 1 atom stereocenters. The summed E-state index contributed by atoms with van der Waals surface area (Å²) in [6.07, 6.45) is -0.276. The van der Waals surface area contributed by atoms with E-state index < -0.39 is 0 Å². The molecule has 0 aliphatic carbocycles. The van der Waals surface area contributed by atoms with Gasteiger partial charge in [0.25, 0.3) is 0 Å². The monoisotopic (exact) mass is 193 g/mol. The molecule has 1 rings (SSSR count). The molecule has 1 aromatic rings. The Bertz CT molecular complexity index is 294. The van der Waals surface area contributed by atoms with Crippen molar-refractivity contribution in [3.8, 4) is 0 Å².